The van der Waals surface area contributed by atoms with E-state index in [9.17, 15) is 0 Å². The molecule has 0 saturated heterocycles. The summed E-state index contributed by atoms with van der Waals surface area (Å²) in [6, 6.07) is 0. The molecule has 0 amide bonds. The lowest BCUT2D eigenvalue weighted by Crippen LogP contribution is -1.97. The maximum absolute atomic E-state index is 4.39. The molecular formula is C9H15N3S3. The molecule has 1 heterocycles. The van der Waals surface area contributed by atoms with Crippen molar-refractivity contribution in [3.05, 3.63) is 0 Å². The lowest BCUT2D eigenvalue weighted by molar-refractivity contribution is 0.718. The Morgan fingerprint density at radius 3 is 1.13 bits per heavy atom. The van der Waals surface area contributed by atoms with Crippen LogP contribution in [0.5, 0.6) is 0 Å². The van der Waals surface area contributed by atoms with E-state index in [2.05, 4.69) is 35.7 Å². The fraction of sp³-hybridized carbons (Fsp3) is 0.667. The molecule has 0 radical (unpaired) electrons. The van der Waals surface area contributed by atoms with E-state index >= 15 is 0 Å². The van der Waals surface area contributed by atoms with Gasteiger partial charge in [-0.3, -0.25) is 0 Å². The van der Waals surface area contributed by atoms with Gasteiger partial charge in [-0.25, -0.2) is 0 Å². The van der Waals surface area contributed by atoms with E-state index in [1.54, 1.807) is 35.3 Å². The van der Waals surface area contributed by atoms with Gasteiger partial charge in [-0.1, -0.05) is 56.1 Å². The molecule has 1 rings (SSSR count). The maximum atomic E-state index is 4.39. The lowest BCUT2D eigenvalue weighted by Gasteiger charge is -2.03. The van der Waals surface area contributed by atoms with Gasteiger partial charge < -0.3 is 0 Å². The minimum Gasteiger partial charge on any atom is -0.196 e. The molecule has 1 aromatic heterocycles. The first-order valence-electron chi connectivity index (χ1n) is 4.94. The Hall–Kier alpha value is 0.0600. The van der Waals surface area contributed by atoms with Crippen LogP contribution in [0.2, 0.25) is 0 Å². The van der Waals surface area contributed by atoms with Crippen LogP contribution in [-0.4, -0.2) is 32.2 Å². The zero-order valence-corrected chi connectivity index (χ0v) is 11.6. The van der Waals surface area contributed by atoms with Crippen molar-refractivity contribution in [2.24, 2.45) is 0 Å². The number of hydrogen-bond acceptors (Lipinski definition) is 6. The molecule has 3 nitrogen and oxygen atoms in total. The molecule has 0 spiro atoms. The topological polar surface area (TPSA) is 38.7 Å². The molecule has 0 aromatic carbocycles. The van der Waals surface area contributed by atoms with E-state index in [4.69, 9.17) is 0 Å². The van der Waals surface area contributed by atoms with Crippen LogP contribution in [0.25, 0.3) is 0 Å². The average molecular weight is 261 g/mol. The van der Waals surface area contributed by atoms with Crippen molar-refractivity contribution in [1.82, 2.24) is 15.0 Å². The SMILES string of the molecule is CCSc1nc(SCC)nc(SCC)n1. The molecule has 0 saturated carbocycles. The normalized spacial score (nSPS) is 10.6. The second kappa shape index (κ2) is 7.35. The zero-order valence-electron chi connectivity index (χ0n) is 9.19. The number of aromatic nitrogens is 3. The summed E-state index contributed by atoms with van der Waals surface area (Å²) in [5.41, 5.74) is 0. The minimum atomic E-state index is 0.847. The van der Waals surface area contributed by atoms with Gasteiger partial charge in [0.1, 0.15) is 0 Å². The van der Waals surface area contributed by atoms with Gasteiger partial charge in [0.2, 0.25) is 0 Å². The molecule has 0 fully saturated rings. The Morgan fingerprint density at radius 1 is 0.667 bits per heavy atom. The first-order valence-corrected chi connectivity index (χ1v) is 7.90. The summed E-state index contributed by atoms with van der Waals surface area (Å²) in [4.78, 5) is 13.2. The van der Waals surface area contributed by atoms with E-state index in [0.717, 1.165) is 32.7 Å². The number of thioether (sulfide) groups is 3. The molecule has 0 aliphatic rings. The predicted octanol–water partition coefficient (Wildman–Crippen LogP) is 3.21. The highest BCUT2D eigenvalue weighted by Crippen LogP contribution is 2.22. The third kappa shape index (κ3) is 4.61. The zero-order chi connectivity index (χ0) is 11.1. The van der Waals surface area contributed by atoms with E-state index in [-0.39, 0.29) is 0 Å². The molecular weight excluding hydrogens is 246 g/mol. The lowest BCUT2D eigenvalue weighted by atomic mass is 11.0. The Kier molecular flexibility index (Phi) is 6.43. The van der Waals surface area contributed by atoms with Crippen molar-refractivity contribution >= 4 is 35.3 Å². The van der Waals surface area contributed by atoms with Gasteiger partial charge in [0, 0.05) is 0 Å². The van der Waals surface area contributed by atoms with Crippen molar-refractivity contribution in [1.29, 1.82) is 0 Å². The van der Waals surface area contributed by atoms with Crippen LogP contribution in [0.4, 0.5) is 0 Å². The number of nitrogens with zero attached hydrogens (tertiary/aromatic N) is 3. The van der Waals surface area contributed by atoms with Crippen LogP contribution in [0.15, 0.2) is 15.5 Å². The van der Waals surface area contributed by atoms with Crippen molar-refractivity contribution in [3.8, 4) is 0 Å². The van der Waals surface area contributed by atoms with Gasteiger partial charge >= 0.3 is 0 Å². The molecule has 1 aromatic rings. The van der Waals surface area contributed by atoms with Gasteiger partial charge in [0.15, 0.2) is 15.5 Å². The van der Waals surface area contributed by atoms with E-state index < -0.39 is 0 Å². The first kappa shape index (κ1) is 13.1. The minimum absolute atomic E-state index is 0.847. The Morgan fingerprint density at radius 2 is 0.933 bits per heavy atom. The third-order valence-electron chi connectivity index (χ3n) is 1.39. The second-order valence-electron chi connectivity index (χ2n) is 2.48. The predicted molar refractivity (Wildman–Crippen MR) is 69.0 cm³/mol. The van der Waals surface area contributed by atoms with Crippen LogP contribution in [0.3, 0.4) is 0 Å². The van der Waals surface area contributed by atoms with Crippen molar-refractivity contribution < 1.29 is 0 Å². The molecule has 0 atom stereocenters. The van der Waals surface area contributed by atoms with Gasteiger partial charge in [0.05, 0.1) is 0 Å². The van der Waals surface area contributed by atoms with Crippen LogP contribution in [-0.2, 0) is 0 Å². The monoisotopic (exact) mass is 261 g/mol. The van der Waals surface area contributed by atoms with Gasteiger partial charge in [-0.2, -0.15) is 15.0 Å². The molecule has 0 N–H and O–H groups in total. The highest BCUT2D eigenvalue weighted by atomic mass is 32.2. The largest absolute Gasteiger partial charge is 0.196 e. The van der Waals surface area contributed by atoms with E-state index in [1.807, 2.05) is 0 Å². The van der Waals surface area contributed by atoms with Crippen molar-refractivity contribution in [3.63, 3.8) is 0 Å². The van der Waals surface area contributed by atoms with Crippen LogP contribution >= 0.6 is 35.3 Å². The smallest absolute Gasteiger partial charge is 0.192 e. The molecule has 0 aliphatic carbocycles. The van der Waals surface area contributed by atoms with Gasteiger partial charge in [0.25, 0.3) is 0 Å². The third-order valence-corrected chi connectivity index (χ3v) is 3.58. The van der Waals surface area contributed by atoms with Gasteiger partial charge in [-0.05, 0) is 17.3 Å². The fourth-order valence-electron chi connectivity index (χ4n) is 0.901. The highest BCUT2D eigenvalue weighted by Gasteiger charge is 2.06. The summed E-state index contributed by atoms with van der Waals surface area (Å²) >= 11 is 5.00. The molecule has 84 valence electrons. The first-order chi connectivity index (χ1) is 7.30. The average Bonchev–Trinajstić information content (AvgIpc) is 2.19. The van der Waals surface area contributed by atoms with E-state index in [1.165, 1.54) is 0 Å². The van der Waals surface area contributed by atoms with Crippen molar-refractivity contribution in [2.45, 2.75) is 36.2 Å². The molecule has 0 unspecified atom stereocenters. The van der Waals surface area contributed by atoms with Gasteiger partial charge in [-0.15, -0.1) is 0 Å². The second-order valence-corrected chi connectivity index (χ2v) is 6.18. The van der Waals surface area contributed by atoms with Crippen LogP contribution in [0, 0.1) is 0 Å². The number of hydrogen-bond donors (Lipinski definition) is 0. The standard InChI is InChI=1S/C9H15N3S3/c1-4-13-7-10-8(14-5-2)12-9(11-7)15-6-3/h4-6H2,1-3H3. The molecule has 15 heavy (non-hydrogen) atoms. The summed E-state index contributed by atoms with van der Waals surface area (Å²) in [5, 5.41) is 2.54. The number of rotatable bonds is 6. The summed E-state index contributed by atoms with van der Waals surface area (Å²) < 4.78 is 0. The summed E-state index contributed by atoms with van der Waals surface area (Å²) in [7, 11) is 0. The summed E-state index contributed by atoms with van der Waals surface area (Å²) in [6.45, 7) is 6.31. The molecule has 0 aliphatic heterocycles. The molecule has 0 bridgehead atoms. The van der Waals surface area contributed by atoms with E-state index in [0.29, 0.717) is 0 Å². The molecule has 6 heteroatoms. The van der Waals surface area contributed by atoms with Crippen molar-refractivity contribution in [2.75, 3.05) is 17.3 Å². The van der Waals surface area contributed by atoms with Crippen LogP contribution < -0.4 is 0 Å². The summed E-state index contributed by atoms with van der Waals surface area (Å²) in [6.07, 6.45) is 0. The Bertz CT molecular complexity index is 247. The maximum Gasteiger partial charge on any atom is 0.192 e. The summed E-state index contributed by atoms with van der Waals surface area (Å²) in [5.74, 6) is 2.99. The highest BCUT2D eigenvalue weighted by molar-refractivity contribution is 8.00. The Balaban J connectivity index is 2.86. The quantitative estimate of drug-likeness (QED) is 0.732. The Labute approximate surface area is 104 Å². The fourth-order valence-corrected chi connectivity index (χ4v) is 2.76. The van der Waals surface area contributed by atoms with Crippen LogP contribution in [0.1, 0.15) is 20.8 Å².